The van der Waals surface area contributed by atoms with Gasteiger partial charge in [-0.1, -0.05) is 30.3 Å². The number of aliphatic imine (C=N–C) groups is 1. The van der Waals surface area contributed by atoms with Gasteiger partial charge in [0.15, 0.2) is 5.96 Å². The summed E-state index contributed by atoms with van der Waals surface area (Å²) in [4.78, 5) is 6.66. The highest BCUT2D eigenvalue weighted by Crippen LogP contribution is 2.23. The SMILES string of the molecule is CN=C(NCC(C)N(C)Cc1ccccc1)NCC1(C)CCCO1.I. The molecule has 1 aliphatic heterocycles. The first kappa shape index (κ1) is 22.2. The normalized spacial score (nSPS) is 21.7. The summed E-state index contributed by atoms with van der Waals surface area (Å²) >= 11 is 0. The maximum atomic E-state index is 5.81. The van der Waals surface area contributed by atoms with Gasteiger partial charge in [0.25, 0.3) is 0 Å². The van der Waals surface area contributed by atoms with Crippen molar-refractivity contribution in [2.75, 3.05) is 33.8 Å². The van der Waals surface area contributed by atoms with Gasteiger partial charge in [-0.05, 0) is 39.3 Å². The number of nitrogens with one attached hydrogen (secondary N) is 2. The summed E-state index contributed by atoms with van der Waals surface area (Å²) in [6.45, 7) is 7.84. The van der Waals surface area contributed by atoms with E-state index in [4.69, 9.17) is 4.74 Å². The lowest BCUT2D eigenvalue weighted by molar-refractivity contribution is 0.0242. The molecule has 25 heavy (non-hydrogen) atoms. The molecule has 0 spiro atoms. The van der Waals surface area contributed by atoms with Crippen molar-refractivity contribution in [1.29, 1.82) is 0 Å². The van der Waals surface area contributed by atoms with Crippen LogP contribution < -0.4 is 10.6 Å². The number of benzene rings is 1. The second-order valence-corrected chi connectivity index (χ2v) is 6.96. The molecule has 0 bridgehead atoms. The van der Waals surface area contributed by atoms with Crippen LogP contribution in [0.4, 0.5) is 0 Å². The Morgan fingerprint density at radius 1 is 1.32 bits per heavy atom. The zero-order valence-corrected chi connectivity index (χ0v) is 18.2. The summed E-state index contributed by atoms with van der Waals surface area (Å²) in [5, 5.41) is 6.81. The van der Waals surface area contributed by atoms with Gasteiger partial charge in [0.1, 0.15) is 0 Å². The minimum absolute atomic E-state index is 0. The molecule has 1 heterocycles. The third-order valence-electron chi connectivity index (χ3n) is 4.75. The molecular formula is C19H33IN4O. The van der Waals surface area contributed by atoms with Gasteiger partial charge in [0.2, 0.25) is 0 Å². The Labute approximate surface area is 169 Å². The van der Waals surface area contributed by atoms with E-state index in [1.165, 1.54) is 5.56 Å². The molecular weight excluding hydrogens is 427 g/mol. The van der Waals surface area contributed by atoms with E-state index < -0.39 is 0 Å². The quantitative estimate of drug-likeness (QED) is 0.373. The number of nitrogens with zero attached hydrogens (tertiary/aromatic N) is 2. The lowest BCUT2D eigenvalue weighted by Crippen LogP contribution is -2.48. The summed E-state index contributed by atoms with van der Waals surface area (Å²) in [6.07, 6.45) is 2.25. The van der Waals surface area contributed by atoms with Crippen LogP contribution in [0.5, 0.6) is 0 Å². The average molecular weight is 460 g/mol. The number of ether oxygens (including phenoxy) is 1. The standard InChI is InChI=1S/C19H32N4O.HI/c1-16(23(4)14-17-9-6-5-7-10-17)13-21-18(20-3)22-15-19(2)11-8-12-24-19;/h5-7,9-10,16H,8,11-15H2,1-4H3,(H2,20,21,22);1H. The van der Waals surface area contributed by atoms with E-state index in [2.05, 4.69) is 71.8 Å². The maximum Gasteiger partial charge on any atom is 0.191 e. The Hall–Kier alpha value is -0.860. The highest BCUT2D eigenvalue weighted by Gasteiger charge is 2.29. The second-order valence-electron chi connectivity index (χ2n) is 6.96. The van der Waals surface area contributed by atoms with Crippen LogP contribution in [0.25, 0.3) is 0 Å². The Balaban J connectivity index is 0.00000312. The van der Waals surface area contributed by atoms with E-state index in [1.54, 1.807) is 0 Å². The van der Waals surface area contributed by atoms with Crippen LogP contribution >= 0.6 is 24.0 Å². The molecule has 0 saturated carbocycles. The Kier molecular flexibility index (Phi) is 9.74. The maximum absolute atomic E-state index is 5.81. The fourth-order valence-electron chi connectivity index (χ4n) is 2.90. The molecule has 2 N–H and O–H groups in total. The number of likely N-dealkylation sites (N-methyl/N-ethyl adjacent to an activating group) is 1. The molecule has 1 aromatic rings. The highest BCUT2D eigenvalue weighted by atomic mass is 127. The molecule has 0 aliphatic carbocycles. The summed E-state index contributed by atoms with van der Waals surface area (Å²) in [7, 11) is 3.97. The number of halogens is 1. The second kappa shape index (κ2) is 11.0. The fourth-order valence-corrected chi connectivity index (χ4v) is 2.90. The molecule has 2 rings (SSSR count). The van der Waals surface area contributed by atoms with Gasteiger partial charge < -0.3 is 15.4 Å². The first-order valence-corrected chi connectivity index (χ1v) is 8.85. The van der Waals surface area contributed by atoms with Crippen LogP contribution in [0.15, 0.2) is 35.3 Å². The third kappa shape index (κ3) is 7.50. The predicted octanol–water partition coefficient (Wildman–Crippen LogP) is 2.86. The van der Waals surface area contributed by atoms with Crippen molar-refractivity contribution >= 4 is 29.9 Å². The molecule has 0 radical (unpaired) electrons. The van der Waals surface area contributed by atoms with E-state index in [0.29, 0.717) is 6.04 Å². The minimum atomic E-state index is -0.0622. The predicted molar refractivity (Wildman–Crippen MR) is 116 cm³/mol. The van der Waals surface area contributed by atoms with Gasteiger partial charge in [0, 0.05) is 39.3 Å². The minimum Gasteiger partial charge on any atom is -0.373 e. The molecule has 2 atom stereocenters. The van der Waals surface area contributed by atoms with Crippen LogP contribution in [0.2, 0.25) is 0 Å². The van der Waals surface area contributed by atoms with E-state index >= 15 is 0 Å². The van der Waals surface area contributed by atoms with Crippen LogP contribution in [0.3, 0.4) is 0 Å². The number of guanidine groups is 1. The molecule has 1 saturated heterocycles. The van der Waals surface area contributed by atoms with Crippen molar-refractivity contribution in [2.45, 2.75) is 44.9 Å². The van der Waals surface area contributed by atoms with E-state index in [9.17, 15) is 0 Å². The van der Waals surface area contributed by atoms with Crippen molar-refractivity contribution in [1.82, 2.24) is 15.5 Å². The van der Waals surface area contributed by atoms with E-state index in [-0.39, 0.29) is 29.6 Å². The molecule has 0 aromatic heterocycles. The Morgan fingerprint density at radius 2 is 2.04 bits per heavy atom. The van der Waals surface area contributed by atoms with Crippen LogP contribution in [-0.4, -0.2) is 56.3 Å². The van der Waals surface area contributed by atoms with Gasteiger partial charge in [0.05, 0.1) is 5.60 Å². The molecule has 2 unspecified atom stereocenters. The number of rotatable bonds is 7. The van der Waals surface area contributed by atoms with Gasteiger partial charge in [-0.25, -0.2) is 0 Å². The van der Waals surface area contributed by atoms with Crippen LogP contribution in [0.1, 0.15) is 32.3 Å². The molecule has 1 aromatic carbocycles. The molecule has 6 heteroatoms. The van der Waals surface area contributed by atoms with Crippen molar-refractivity contribution < 1.29 is 4.74 Å². The highest BCUT2D eigenvalue weighted by molar-refractivity contribution is 14.0. The summed E-state index contributed by atoms with van der Waals surface area (Å²) in [6, 6.07) is 11.0. The topological polar surface area (TPSA) is 48.9 Å². The number of hydrogen-bond donors (Lipinski definition) is 2. The Morgan fingerprint density at radius 3 is 2.64 bits per heavy atom. The zero-order valence-electron chi connectivity index (χ0n) is 15.9. The molecule has 1 aliphatic rings. The van der Waals surface area contributed by atoms with Crippen molar-refractivity contribution in [2.24, 2.45) is 4.99 Å². The average Bonchev–Trinajstić information content (AvgIpc) is 3.02. The number of hydrogen-bond acceptors (Lipinski definition) is 3. The molecule has 5 nitrogen and oxygen atoms in total. The first-order valence-electron chi connectivity index (χ1n) is 8.85. The van der Waals surface area contributed by atoms with Gasteiger partial charge in [-0.15, -0.1) is 24.0 Å². The first-order chi connectivity index (χ1) is 11.5. The monoisotopic (exact) mass is 460 g/mol. The van der Waals surface area contributed by atoms with Gasteiger partial charge in [-0.2, -0.15) is 0 Å². The summed E-state index contributed by atoms with van der Waals surface area (Å²) in [5.41, 5.74) is 1.27. The van der Waals surface area contributed by atoms with E-state index in [1.807, 2.05) is 7.05 Å². The van der Waals surface area contributed by atoms with Crippen LogP contribution in [-0.2, 0) is 11.3 Å². The van der Waals surface area contributed by atoms with E-state index in [0.717, 1.165) is 45.0 Å². The Bertz CT molecular complexity index is 517. The zero-order chi connectivity index (χ0) is 17.4. The molecule has 0 amide bonds. The van der Waals surface area contributed by atoms with Gasteiger partial charge in [-0.3, -0.25) is 9.89 Å². The smallest absolute Gasteiger partial charge is 0.191 e. The van der Waals surface area contributed by atoms with Gasteiger partial charge >= 0.3 is 0 Å². The lowest BCUT2D eigenvalue weighted by Gasteiger charge is -2.27. The largest absolute Gasteiger partial charge is 0.373 e. The molecule has 142 valence electrons. The van der Waals surface area contributed by atoms with Crippen molar-refractivity contribution in [3.8, 4) is 0 Å². The third-order valence-corrected chi connectivity index (χ3v) is 4.75. The lowest BCUT2D eigenvalue weighted by atomic mass is 10.0. The van der Waals surface area contributed by atoms with Crippen molar-refractivity contribution in [3.63, 3.8) is 0 Å². The van der Waals surface area contributed by atoms with Crippen LogP contribution in [0, 0.1) is 0 Å². The summed E-state index contributed by atoms with van der Waals surface area (Å²) in [5.74, 6) is 0.840. The summed E-state index contributed by atoms with van der Waals surface area (Å²) < 4.78 is 5.81. The fraction of sp³-hybridized carbons (Fsp3) is 0.632. The van der Waals surface area contributed by atoms with Crippen molar-refractivity contribution in [3.05, 3.63) is 35.9 Å². The molecule has 1 fully saturated rings.